The molecule has 0 atom stereocenters. The van der Waals surface area contributed by atoms with E-state index < -0.39 is 25.8 Å². The van der Waals surface area contributed by atoms with Crippen molar-refractivity contribution >= 4 is 15.7 Å². The van der Waals surface area contributed by atoms with Crippen molar-refractivity contribution in [1.29, 1.82) is 0 Å². The Labute approximate surface area is 111 Å². The summed E-state index contributed by atoms with van der Waals surface area (Å²) in [5.41, 5.74) is -1.13. The second-order valence-corrected chi connectivity index (χ2v) is 7.65. The van der Waals surface area contributed by atoms with Crippen molar-refractivity contribution in [2.24, 2.45) is 14.1 Å². The smallest absolute Gasteiger partial charge is 0.346 e. The average molecular weight is 290 g/mol. The van der Waals surface area contributed by atoms with E-state index in [2.05, 4.69) is 10.4 Å². The molecule has 0 aliphatic carbocycles. The van der Waals surface area contributed by atoms with E-state index in [1.54, 1.807) is 13.8 Å². The summed E-state index contributed by atoms with van der Waals surface area (Å²) in [6, 6.07) is 0. The van der Waals surface area contributed by atoms with Crippen LogP contribution in [0.2, 0.25) is 0 Å². The molecule has 0 aromatic carbocycles. The molecule has 19 heavy (non-hydrogen) atoms. The lowest BCUT2D eigenvalue weighted by molar-refractivity contribution is 0.557. The molecule has 1 heterocycles. The molecule has 0 aliphatic heterocycles. The van der Waals surface area contributed by atoms with Gasteiger partial charge in [0.2, 0.25) is 5.82 Å². The molecule has 1 aromatic heterocycles. The van der Waals surface area contributed by atoms with Crippen LogP contribution in [0.15, 0.2) is 9.59 Å². The summed E-state index contributed by atoms with van der Waals surface area (Å²) in [4.78, 5) is 23.2. The molecule has 0 bridgehead atoms. The van der Waals surface area contributed by atoms with Gasteiger partial charge in [-0.1, -0.05) is 0 Å². The molecule has 0 unspecified atom stereocenters. The SMILES string of the molecule is Cn1nc(NCC(C)(C)S(C)(=O)=O)c(=O)n(C)c1=O. The Kier molecular flexibility index (Phi) is 3.89. The highest BCUT2D eigenvalue weighted by Gasteiger charge is 2.30. The number of hydrogen-bond donors (Lipinski definition) is 1. The number of hydrogen-bond acceptors (Lipinski definition) is 6. The topological polar surface area (TPSA) is 103 Å². The van der Waals surface area contributed by atoms with Crippen LogP contribution in [0.4, 0.5) is 5.82 Å². The van der Waals surface area contributed by atoms with Crippen LogP contribution in [0.1, 0.15) is 13.8 Å². The standard InChI is InChI=1S/C10H18N4O4S/c1-10(2,19(5,17)18)6-11-7-8(15)13(3)9(16)14(4)12-7/h6H2,1-5H3,(H,11,12). The molecular weight excluding hydrogens is 272 g/mol. The van der Waals surface area contributed by atoms with Crippen LogP contribution in [-0.2, 0) is 23.9 Å². The third kappa shape index (κ3) is 3.03. The zero-order valence-electron chi connectivity index (χ0n) is 11.6. The first-order valence-corrected chi connectivity index (χ1v) is 7.44. The molecule has 1 N–H and O–H groups in total. The summed E-state index contributed by atoms with van der Waals surface area (Å²) in [6.07, 6.45) is 1.13. The minimum Gasteiger partial charge on any atom is -0.362 e. The molecule has 0 saturated heterocycles. The lowest BCUT2D eigenvalue weighted by atomic mass is 10.2. The number of nitrogens with zero attached hydrogens (tertiary/aromatic N) is 3. The van der Waals surface area contributed by atoms with E-state index in [9.17, 15) is 18.0 Å². The Bertz CT molecular complexity index is 699. The van der Waals surface area contributed by atoms with Gasteiger partial charge in [0.05, 0.1) is 4.75 Å². The molecule has 0 fully saturated rings. The van der Waals surface area contributed by atoms with Crippen LogP contribution in [0, 0.1) is 0 Å². The van der Waals surface area contributed by atoms with Gasteiger partial charge >= 0.3 is 5.69 Å². The van der Waals surface area contributed by atoms with Crippen molar-refractivity contribution in [3.8, 4) is 0 Å². The number of aromatic nitrogens is 3. The van der Waals surface area contributed by atoms with Crippen molar-refractivity contribution in [2.45, 2.75) is 18.6 Å². The van der Waals surface area contributed by atoms with E-state index in [4.69, 9.17) is 0 Å². The normalized spacial score (nSPS) is 12.5. The second kappa shape index (κ2) is 4.80. The maximum absolute atomic E-state index is 11.8. The Morgan fingerprint density at radius 1 is 1.26 bits per heavy atom. The van der Waals surface area contributed by atoms with E-state index in [-0.39, 0.29) is 12.4 Å². The molecule has 1 aromatic rings. The highest BCUT2D eigenvalue weighted by atomic mass is 32.2. The van der Waals surface area contributed by atoms with Crippen LogP contribution in [0.25, 0.3) is 0 Å². The maximum atomic E-state index is 11.8. The number of rotatable bonds is 4. The first-order chi connectivity index (χ1) is 8.47. The molecule has 0 aliphatic rings. The molecule has 0 saturated carbocycles. The molecular formula is C10H18N4O4S. The molecule has 1 rings (SSSR count). The summed E-state index contributed by atoms with van der Waals surface area (Å²) in [5, 5.41) is 6.47. The van der Waals surface area contributed by atoms with Crippen molar-refractivity contribution in [1.82, 2.24) is 14.3 Å². The van der Waals surface area contributed by atoms with E-state index in [0.29, 0.717) is 0 Å². The average Bonchev–Trinajstić information content (AvgIpc) is 2.28. The molecule has 108 valence electrons. The number of aryl methyl sites for hydroxylation is 1. The van der Waals surface area contributed by atoms with E-state index >= 15 is 0 Å². The maximum Gasteiger partial charge on any atom is 0.346 e. The molecule has 0 spiro atoms. The van der Waals surface area contributed by atoms with E-state index in [0.717, 1.165) is 15.5 Å². The fraction of sp³-hybridized carbons (Fsp3) is 0.700. The minimum absolute atomic E-state index is 0.0201. The quantitative estimate of drug-likeness (QED) is 0.740. The summed E-state index contributed by atoms with van der Waals surface area (Å²) >= 11 is 0. The van der Waals surface area contributed by atoms with Crippen LogP contribution in [0.5, 0.6) is 0 Å². The monoisotopic (exact) mass is 290 g/mol. The number of sulfone groups is 1. The van der Waals surface area contributed by atoms with Crippen LogP contribution < -0.4 is 16.6 Å². The van der Waals surface area contributed by atoms with Crippen molar-refractivity contribution in [2.75, 3.05) is 18.1 Å². The van der Waals surface area contributed by atoms with Gasteiger partial charge in [-0.15, -0.1) is 5.10 Å². The van der Waals surface area contributed by atoms with Crippen LogP contribution in [0.3, 0.4) is 0 Å². The lowest BCUT2D eigenvalue weighted by Crippen LogP contribution is -2.43. The first kappa shape index (κ1) is 15.4. The Morgan fingerprint density at radius 3 is 2.26 bits per heavy atom. The molecule has 9 heteroatoms. The van der Waals surface area contributed by atoms with Gasteiger partial charge in [-0.3, -0.25) is 9.36 Å². The molecule has 0 amide bonds. The van der Waals surface area contributed by atoms with E-state index in [1.165, 1.54) is 14.1 Å². The minimum atomic E-state index is -3.28. The van der Waals surface area contributed by atoms with Crippen molar-refractivity contribution in [3.05, 3.63) is 20.8 Å². The van der Waals surface area contributed by atoms with Gasteiger partial charge in [0.15, 0.2) is 9.84 Å². The van der Waals surface area contributed by atoms with Crippen LogP contribution in [-0.4, -0.2) is 40.3 Å². The van der Waals surface area contributed by atoms with Gasteiger partial charge < -0.3 is 5.32 Å². The van der Waals surface area contributed by atoms with Gasteiger partial charge in [-0.25, -0.2) is 17.9 Å². The van der Waals surface area contributed by atoms with Gasteiger partial charge in [0, 0.05) is 26.9 Å². The first-order valence-electron chi connectivity index (χ1n) is 5.55. The third-order valence-electron chi connectivity index (χ3n) is 3.01. The lowest BCUT2D eigenvalue weighted by Gasteiger charge is -2.22. The summed E-state index contributed by atoms with van der Waals surface area (Å²) in [6.45, 7) is 3.11. The summed E-state index contributed by atoms with van der Waals surface area (Å²) < 4.78 is 24.0. The molecule has 0 radical (unpaired) electrons. The zero-order valence-corrected chi connectivity index (χ0v) is 12.4. The summed E-state index contributed by atoms with van der Waals surface area (Å²) in [5.74, 6) is -0.0543. The van der Waals surface area contributed by atoms with Gasteiger partial charge in [-0.05, 0) is 13.8 Å². The second-order valence-electron chi connectivity index (χ2n) is 5.00. The summed E-state index contributed by atoms with van der Waals surface area (Å²) in [7, 11) is -0.537. The highest BCUT2D eigenvalue weighted by Crippen LogP contribution is 2.14. The Morgan fingerprint density at radius 2 is 1.79 bits per heavy atom. The van der Waals surface area contributed by atoms with Crippen molar-refractivity contribution < 1.29 is 8.42 Å². The Hall–Kier alpha value is -1.64. The zero-order chi connectivity index (χ0) is 15.0. The largest absolute Gasteiger partial charge is 0.362 e. The number of anilines is 1. The number of nitrogens with one attached hydrogen (secondary N) is 1. The fourth-order valence-electron chi connectivity index (χ4n) is 1.24. The van der Waals surface area contributed by atoms with E-state index in [1.807, 2.05) is 0 Å². The predicted octanol–water partition coefficient (Wildman–Crippen LogP) is -1.29. The Balaban J connectivity index is 3.11. The van der Waals surface area contributed by atoms with Crippen molar-refractivity contribution in [3.63, 3.8) is 0 Å². The van der Waals surface area contributed by atoms with Crippen LogP contribution >= 0.6 is 0 Å². The fourth-order valence-corrected chi connectivity index (χ4v) is 1.57. The highest BCUT2D eigenvalue weighted by molar-refractivity contribution is 7.92. The predicted molar refractivity (Wildman–Crippen MR) is 72.1 cm³/mol. The van der Waals surface area contributed by atoms with Gasteiger partial charge in [-0.2, -0.15) is 0 Å². The van der Waals surface area contributed by atoms with Gasteiger partial charge in [0.25, 0.3) is 5.56 Å². The molecule has 8 nitrogen and oxygen atoms in total. The van der Waals surface area contributed by atoms with Gasteiger partial charge in [0.1, 0.15) is 0 Å². The third-order valence-corrected chi connectivity index (χ3v) is 5.16.